The molecule has 0 atom stereocenters. The number of nitrogens with one attached hydrogen (secondary N) is 1. The third kappa shape index (κ3) is 14.6. The number of hydrogen-bond donors (Lipinski definition) is 1. The highest BCUT2D eigenvalue weighted by molar-refractivity contribution is 5.78. The summed E-state index contributed by atoms with van der Waals surface area (Å²) in [5.41, 5.74) is -3.16. The highest BCUT2D eigenvalue weighted by atomic mass is 16.6. The number of hydrogen-bond acceptors (Lipinski definition) is 9. The van der Waals surface area contributed by atoms with Crippen LogP contribution in [0.3, 0.4) is 0 Å². The zero-order valence-corrected chi connectivity index (χ0v) is 25.3. The predicted molar refractivity (Wildman–Crippen MR) is 145 cm³/mol. The van der Waals surface area contributed by atoms with Crippen LogP contribution in [0.15, 0.2) is 12.4 Å². The second kappa shape index (κ2) is 13.8. The number of carbonyl (C=O) groups is 4. The van der Waals surface area contributed by atoms with Gasteiger partial charge in [0.1, 0.15) is 23.3 Å². The van der Waals surface area contributed by atoms with Crippen molar-refractivity contribution < 1.29 is 38.1 Å². The quantitative estimate of drug-likeness (QED) is 0.283. The largest absolute Gasteiger partial charge is 0.468 e. The maximum Gasteiger partial charge on any atom is 0.306 e. The molecule has 39 heavy (non-hydrogen) atoms. The second-order valence-electron chi connectivity index (χ2n) is 12.6. The molecular formula is C28H47N3O8. The number of carbonyl (C=O) groups excluding carboxylic acids is 4. The van der Waals surface area contributed by atoms with E-state index in [0.717, 1.165) is 0 Å². The van der Waals surface area contributed by atoms with Crippen molar-refractivity contribution in [2.75, 3.05) is 7.11 Å². The highest BCUT2D eigenvalue weighted by Crippen LogP contribution is 2.29. The van der Waals surface area contributed by atoms with Crippen molar-refractivity contribution in [3.63, 3.8) is 0 Å². The third-order valence-corrected chi connectivity index (χ3v) is 5.26. The van der Waals surface area contributed by atoms with Crippen LogP contribution in [-0.2, 0) is 39.9 Å². The van der Waals surface area contributed by atoms with E-state index < -0.39 is 46.2 Å². The topological polar surface area (TPSA) is 135 Å². The Bertz CT molecular complexity index is 901. The van der Waals surface area contributed by atoms with Gasteiger partial charge in [0.15, 0.2) is 0 Å². The van der Waals surface area contributed by atoms with Crippen LogP contribution in [0.1, 0.15) is 101 Å². The summed E-state index contributed by atoms with van der Waals surface area (Å²) < 4.78 is 23.1. The van der Waals surface area contributed by atoms with Gasteiger partial charge in [-0.2, -0.15) is 0 Å². The molecule has 1 aromatic heterocycles. The van der Waals surface area contributed by atoms with Crippen LogP contribution in [0.2, 0.25) is 0 Å². The van der Waals surface area contributed by atoms with Crippen LogP contribution < -0.4 is 10.1 Å². The number of amides is 1. The fourth-order valence-electron chi connectivity index (χ4n) is 3.86. The fraction of sp³-hybridized carbons (Fsp3) is 0.750. The third-order valence-electron chi connectivity index (χ3n) is 5.26. The minimum atomic E-state index is -1.10. The van der Waals surface area contributed by atoms with Crippen molar-refractivity contribution in [1.82, 2.24) is 14.9 Å². The van der Waals surface area contributed by atoms with Crippen molar-refractivity contribution in [2.45, 2.75) is 130 Å². The molecule has 0 unspecified atom stereocenters. The van der Waals surface area contributed by atoms with Crippen molar-refractivity contribution in [3.8, 4) is 6.01 Å². The molecule has 0 radical (unpaired) electrons. The molecular weight excluding hydrogens is 506 g/mol. The molecule has 11 heteroatoms. The Hall–Kier alpha value is -3.11. The molecule has 1 amide bonds. The van der Waals surface area contributed by atoms with E-state index in [1.165, 1.54) is 17.9 Å². The lowest BCUT2D eigenvalue weighted by Crippen LogP contribution is -2.51. The van der Waals surface area contributed by atoms with E-state index in [9.17, 15) is 19.2 Å². The Kier molecular flexibility index (Phi) is 12.0. The van der Waals surface area contributed by atoms with E-state index in [1.54, 1.807) is 68.5 Å². The number of imidazole rings is 1. The van der Waals surface area contributed by atoms with Crippen LogP contribution in [0.25, 0.3) is 0 Å². The van der Waals surface area contributed by atoms with Gasteiger partial charge in [-0.05, 0) is 81.6 Å². The first kappa shape index (κ1) is 33.9. The number of esters is 3. The van der Waals surface area contributed by atoms with Gasteiger partial charge >= 0.3 is 17.9 Å². The minimum Gasteiger partial charge on any atom is -0.468 e. The zero-order chi connectivity index (χ0) is 30.1. The van der Waals surface area contributed by atoms with Gasteiger partial charge in [0.05, 0.1) is 7.11 Å². The van der Waals surface area contributed by atoms with E-state index in [1.807, 2.05) is 0 Å². The van der Waals surface area contributed by atoms with Crippen molar-refractivity contribution in [2.24, 2.45) is 0 Å². The SMILES string of the molecule is COc1nccn1CC(=O)NC(CCC(=O)OC(C)(C)C)(CCC(=O)OC(C)(C)C)CCC(=O)OC(C)(C)C. The van der Waals surface area contributed by atoms with E-state index >= 15 is 0 Å². The molecule has 0 saturated carbocycles. The molecule has 0 fully saturated rings. The first-order valence-corrected chi connectivity index (χ1v) is 13.2. The predicted octanol–water partition coefficient (Wildman–Crippen LogP) is 4.11. The van der Waals surface area contributed by atoms with Crippen LogP contribution in [0, 0.1) is 0 Å². The number of rotatable bonds is 13. The molecule has 0 aromatic carbocycles. The molecule has 0 bridgehead atoms. The Labute approximate surface area is 232 Å². The maximum absolute atomic E-state index is 13.3. The summed E-state index contributed by atoms with van der Waals surface area (Å²) in [6.07, 6.45) is 3.42. The minimum absolute atomic E-state index is 0.0332. The van der Waals surface area contributed by atoms with Crippen molar-refractivity contribution in [3.05, 3.63) is 12.4 Å². The molecule has 0 spiro atoms. The number of nitrogens with zero attached hydrogens (tertiary/aromatic N) is 2. The molecule has 1 N–H and O–H groups in total. The molecule has 1 heterocycles. The van der Waals surface area contributed by atoms with Gasteiger partial charge in [-0.25, -0.2) is 4.98 Å². The standard InChI is InChI=1S/C28H47N3O8/c1-25(2,3)37-21(33)11-14-28(15-12-22(34)38-26(4,5)6,16-13-23(35)39-27(7,8)9)30-20(32)19-31-18-17-29-24(31)36-10/h17-18H,11-16,19H2,1-10H3,(H,30,32). The summed E-state index contributed by atoms with van der Waals surface area (Å²) in [5.74, 6) is -1.75. The van der Waals surface area contributed by atoms with Gasteiger partial charge in [0.2, 0.25) is 5.91 Å². The van der Waals surface area contributed by atoms with E-state index in [4.69, 9.17) is 18.9 Å². The molecule has 1 aromatic rings. The van der Waals surface area contributed by atoms with Crippen LogP contribution in [0.5, 0.6) is 6.01 Å². The van der Waals surface area contributed by atoms with E-state index in [2.05, 4.69) is 10.3 Å². The average molecular weight is 554 g/mol. The highest BCUT2D eigenvalue weighted by Gasteiger charge is 2.36. The lowest BCUT2D eigenvalue weighted by molar-refractivity contribution is -0.155. The van der Waals surface area contributed by atoms with Crippen LogP contribution in [-0.4, -0.2) is 62.8 Å². The van der Waals surface area contributed by atoms with Gasteiger partial charge in [-0.3, -0.25) is 23.7 Å². The van der Waals surface area contributed by atoms with Gasteiger partial charge in [-0.15, -0.1) is 0 Å². The molecule has 0 aliphatic carbocycles. The molecule has 11 nitrogen and oxygen atoms in total. The van der Waals surface area contributed by atoms with Gasteiger partial charge in [0, 0.05) is 37.2 Å². The van der Waals surface area contributed by atoms with Crippen LogP contribution >= 0.6 is 0 Å². The molecule has 222 valence electrons. The summed E-state index contributed by atoms with van der Waals surface area (Å²) in [5, 5.41) is 3.01. The first-order valence-electron chi connectivity index (χ1n) is 13.2. The Morgan fingerprint density at radius 2 is 1.13 bits per heavy atom. The molecule has 0 saturated heterocycles. The summed E-state index contributed by atoms with van der Waals surface area (Å²) in [7, 11) is 1.45. The van der Waals surface area contributed by atoms with Gasteiger partial charge < -0.3 is 24.3 Å². The van der Waals surface area contributed by atoms with Crippen molar-refractivity contribution in [1.29, 1.82) is 0 Å². The molecule has 1 rings (SSSR count). The molecule has 0 aliphatic heterocycles. The normalized spacial score (nSPS) is 12.5. The van der Waals surface area contributed by atoms with E-state index in [0.29, 0.717) is 0 Å². The van der Waals surface area contributed by atoms with E-state index in [-0.39, 0.29) is 51.1 Å². The Morgan fingerprint density at radius 1 is 0.744 bits per heavy atom. The monoisotopic (exact) mass is 553 g/mol. The molecule has 0 aliphatic rings. The Balaban J connectivity index is 3.26. The van der Waals surface area contributed by atoms with Gasteiger partial charge in [0.25, 0.3) is 6.01 Å². The second-order valence-corrected chi connectivity index (χ2v) is 12.6. The first-order chi connectivity index (χ1) is 17.7. The van der Waals surface area contributed by atoms with Crippen molar-refractivity contribution >= 4 is 23.8 Å². The summed E-state index contributed by atoms with van der Waals surface area (Å²) in [4.78, 5) is 55.2. The number of aromatic nitrogens is 2. The van der Waals surface area contributed by atoms with Gasteiger partial charge in [-0.1, -0.05) is 0 Å². The Morgan fingerprint density at radius 3 is 1.46 bits per heavy atom. The fourth-order valence-corrected chi connectivity index (χ4v) is 3.86. The van der Waals surface area contributed by atoms with Crippen LogP contribution in [0.4, 0.5) is 0 Å². The average Bonchev–Trinajstić information content (AvgIpc) is 3.18. The number of methoxy groups -OCH3 is 1. The number of ether oxygens (including phenoxy) is 4. The lowest BCUT2D eigenvalue weighted by atomic mass is 9.83. The zero-order valence-electron chi connectivity index (χ0n) is 25.3. The lowest BCUT2D eigenvalue weighted by Gasteiger charge is -2.36. The maximum atomic E-state index is 13.3. The summed E-state index contributed by atoms with van der Waals surface area (Å²) in [6.45, 7) is 15.8. The summed E-state index contributed by atoms with van der Waals surface area (Å²) in [6, 6.07) is 0.256. The summed E-state index contributed by atoms with van der Waals surface area (Å²) >= 11 is 0. The smallest absolute Gasteiger partial charge is 0.306 e.